The lowest BCUT2D eigenvalue weighted by Gasteiger charge is -2.33. The van der Waals surface area contributed by atoms with Crippen LogP contribution in [0.25, 0.3) is 0 Å². The van der Waals surface area contributed by atoms with Crippen LogP contribution in [0.1, 0.15) is 22.4 Å². The van der Waals surface area contributed by atoms with Gasteiger partial charge in [-0.1, -0.05) is 6.07 Å². The molecular weight excluding hydrogens is 336 g/mol. The number of rotatable bonds is 3. The van der Waals surface area contributed by atoms with Crippen molar-refractivity contribution in [3.63, 3.8) is 0 Å². The molecule has 0 amide bonds. The molecule has 0 bridgehead atoms. The van der Waals surface area contributed by atoms with E-state index in [0.717, 1.165) is 29.5 Å². The van der Waals surface area contributed by atoms with E-state index >= 15 is 0 Å². The number of thiophene rings is 1. The van der Waals surface area contributed by atoms with Gasteiger partial charge in [0.2, 0.25) is 0 Å². The molecule has 0 fully saturated rings. The minimum absolute atomic E-state index is 0.635. The minimum atomic E-state index is -0.635. The van der Waals surface area contributed by atoms with E-state index in [1.165, 1.54) is 16.0 Å². The van der Waals surface area contributed by atoms with Gasteiger partial charge in [-0.2, -0.15) is 0 Å². The smallest absolute Gasteiger partial charge is 0.119 e. The Morgan fingerprint density at radius 2 is 2.20 bits per heavy atom. The van der Waals surface area contributed by atoms with E-state index in [2.05, 4.69) is 39.5 Å². The Balaban J connectivity index is 1.82. The fourth-order valence-corrected chi connectivity index (χ4v) is 4.46. The standard InChI is InChI=1S/C16H17BrO2S/c1-19-14-3-2-11-4-5-16(18,8-12(11)6-14)9-15-7-13(17)10-20-15/h2-3,6-7,10,18H,4-5,8-9H2,1H3. The van der Waals surface area contributed by atoms with E-state index < -0.39 is 5.60 Å². The van der Waals surface area contributed by atoms with Crippen molar-refractivity contribution in [2.24, 2.45) is 0 Å². The van der Waals surface area contributed by atoms with Gasteiger partial charge >= 0.3 is 0 Å². The van der Waals surface area contributed by atoms with Crippen molar-refractivity contribution in [1.82, 2.24) is 0 Å². The summed E-state index contributed by atoms with van der Waals surface area (Å²) in [6.07, 6.45) is 3.18. The van der Waals surface area contributed by atoms with E-state index in [0.29, 0.717) is 6.42 Å². The van der Waals surface area contributed by atoms with Crippen LogP contribution in [-0.2, 0) is 19.3 Å². The van der Waals surface area contributed by atoms with Crippen molar-refractivity contribution in [2.45, 2.75) is 31.3 Å². The van der Waals surface area contributed by atoms with Crippen LogP contribution in [0.5, 0.6) is 5.75 Å². The van der Waals surface area contributed by atoms with E-state index in [1.54, 1.807) is 18.4 Å². The zero-order valence-corrected chi connectivity index (χ0v) is 13.8. The molecule has 1 aromatic heterocycles. The van der Waals surface area contributed by atoms with Crippen LogP contribution < -0.4 is 4.74 Å². The van der Waals surface area contributed by atoms with Crippen LogP contribution in [0.15, 0.2) is 34.1 Å². The lowest BCUT2D eigenvalue weighted by atomic mass is 9.78. The summed E-state index contributed by atoms with van der Waals surface area (Å²) in [5.74, 6) is 0.867. The summed E-state index contributed by atoms with van der Waals surface area (Å²) in [7, 11) is 1.68. The van der Waals surface area contributed by atoms with Gasteiger partial charge in [0.05, 0.1) is 12.7 Å². The molecule has 2 aromatic rings. The first-order chi connectivity index (χ1) is 9.58. The number of aliphatic hydroxyl groups is 1. The van der Waals surface area contributed by atoms with E-state index in [4.69, 9.17) is 4.74 Å². The van der Waals surface area contributed by atoms with Gasteiger partial charge in [0.15, 0.2) is 0 Å². The Kier molecular flexibility index (Phi) is 3.89. The third kappa shape index (κ3) is 2.92. The number of fused-ring (bicyclic) bond motifs is 1. The monoisotopic (exact) mass is 352 g/mol. The maximum atomic E-state index is 10.9. The molecule has 0 saturated carbocycles. The van der Waals surface area contributed by atoms with Gasteiger partial charge in [-0.3, -0.25) is 0 Å². The van der Waals surface area contributed by atoms with Crippen LogP contribution in [0.3, 0.4) is 0 Å². The van der Waals surface area contributed by atoms with Crippen LogP contribution >= 0.6 is 27.3 Å². The summed E-state index contributed by atoms with van der Waals surface area (Å²) in [5.41, 5.74) is 1.92. The number of benzene rings is 1. The summed E-state index contributed by atoms with van der Waals surface area (Å²) >= 11 is 5.17. The second kappa shape index (κ2) is 5.51. The van der Waals surface area contributed by atoms with Crippen LogP contribution in [0.2, 0.25) is 0 Å². The van der Waals surface area contributed by atoms with Crippen molar-refractivity contribution in [2.75, 3.05) is 7.11 Å². The molecule has 1 heterocycles. The Hall–Kier alpha value is -0.840. The maximum Gasteiger partial charge on any atom is 0.119 e. The third-order valence-corrected chi connectivity index (χ3v) is 5.62. The Morgan fingerprint density at radius 1 is 1.35 bits per heavy atom. The highest BCUT2D eigenvalue weighted by Crippen LogP contribution is 2.35. The van der Waals surface area contributed by atoms with Crippen molar-refractivity contribution in [1.29, 1.82) is 0 Å². The topological polar surface area (TPSA) is 29.5 Å². The van der Waals surface area contributed by atoms with Gasteiger partial charge in [-0.25, -0.2) is 0 Å². The van der Waals surface area contributed by atoms with Gasteiger partial charge in [-0.15, -0.1) is 11.3 Å². The molecule has 1 N–H and O–H groups in total. The highest BCUT2D eigenvalue weighted by Gasteiger charge is 2.32. The molecule has 0 radical (unpaired) electrons. The van der Waals surface area contributed by atoms with Gasteiger partial charge in [0, 0.05) is 27.6 Å². The van der Waals surface area contributed by atoms with Crippen molar-refractivity contribution in [3.8, 4) is 5.75 Å². The molecule has 0 spiro atoms. The number of hydrogen-bond donors (Lipinski definition) is 1. The molecule has 1 aliphatic carbocycles. The average molecular weight is 353 g/mol. The summed E-state index contributed by atoms with van der Waals surface area (Å²) in [6.45, 7) is 0. The maximum absolute atomic E-state index is 10.9. The number of methoxy groups -OCH3 is 1. The predicted octanol–water partition coefficient (Wildman–Crippen LogP) is 3.98. The third-order valence-electron chi connectivity index (χ3n) is 3.92. The summed E-state index contributed by atoms with van der Waals surface area (Å²) in [5, 5.41) is 13.0. The van der Waals surface area contributed by atoms with Gasteiger partial charge < -0.3 is 9.84 Å². The number of halogens is 1. The molecule has 1 atom stereocenters. The van der Waals surface area contributed by atoms with E-state index in [-0.39, 0.29) is 0 Å². The molecule has 0 saturated heterocycles. The molecule has 2 nitrogen and oxygen atoms in total. The Labute approximate surface area is 131 Å². The lowest BCUT2D eigenvalue weighted by Crippen LogP contribution is -2.37. The highest BCUT2D eigenvalue weighted by molar-refractivity contribution is 9.10. The normalized spacial score (nSPS) is 21.6. The molecule has 1 unspecified atom stereocenters. The van der Waals surface area contributed by atoms with Crippen LogP contribution in [0, 0.1) is 0 Å². The van der Waals surface area contributed by atoms with Crippen molar-refractivity contribution >= 4 is 27.3 Å². The van der Waals surface area contributed by atoms with Crippen LogP contribution in [0.4, 0.5) is 0 Å². The van der Waals surface area contributed by atoms with E-state index in [9.17, 15) is 5.11 Å². The minimum Gasteiger partial charge on any atom is -0.497 e. The summed E-state index contributed by atoms with van der Waals surface area (Å²) in [6, 6.07) is 8.28. The predicted molar refractivity (Wildman–Crippen MR) is 85.7 cm³/mol. The summed E-state index contributed by atoms with van der Waals surface area (Å²) < 4.78 is 6.38. The molecular formula is C16H17BrO2S. The quantitative estimate of drug-likeness (QED) is 0.905. The fraction of sp³-hybridized carbons (Fsp3) is 0.375. The molecule has 4 heteroatoms. The number of aryl methyl sites for hydroxylation is 1. The van der Waals surface area contributed by atoms with Crippen molar-refractivity contribution in [3.05, 3.63) is 50.1 Å². The van der Waals surface area contributed by atoms with Crippen LogP contribution in [-0.4, -0.2) is 17.8 Å². The molecule has 0 aliphatic heterocycles. The van der Waals surface area contributed by atoms with Gasteiger partial charge in [0.25, 0.3) is 0 Å². The number of ether oxygens (including phenoxy) is 1. The Morgan fingerprint density at radius 3 is 2.90 bits per heavy atom. The second-order valence-corrected chi connectivity index (χ2v) is 7.36. The van der Waals surface area contributed by atoms with Gasteiger partial charge in [-0.05, 0) is 58.1 Å². The molecule has 106 valence electrons. The zero-order valence-electron chi connectivity index (χ0n) is 11.4. The van der Waals surface area contributed by atoms with E-state index in [1.807, 2.05) is 6.07 Å². The summed E-state index contributed by atoms with van der Waals surface area (Å²) in [4.78, 5) is 1.23. The largest absolute Gasteiger partial charge is 0.497 e. The molecule has 20 heavy (non-hydrogen) atoms. The molecule has 1 aliphatic rings. The SMILES string of the molecule is COc1ccc2c(c1)CC(O)(Cc1cc(Br)cs1)CC2. The van der Waals surface area contributed by atoms with Crippen molar-refractivity contribution < 1.29 is 9.84 Å². The highest BCUT2D eigenvalue weighted by atomic mass is 79.9. The lowest BCUT2D eigenvalue weighted by molar-refractivity contribution is 0.0274. The molecule has 1 aromatic carbocycles. The fourth-order valence-electron chi connectivity index (χ4n) is 2.87. The van der Waals surface area contributed by atoms with Gasteiger partial charge in [0.1, 0.15) is 5.75 Å². The second-order valence-electron chi connectivity index (χ2n) is 5.44. The molecule has 3 rings (SSSR count). The number of hydrogen-bond acceptors (Lipinski definition) is 3. The Bertz CT molecular complexity index is 623. The zero-order chi connectivity index (χ0) is 14.2. The first-order valence-corrected chi connectivity index (χ1v) is 8.36. The first kappa shape index (κ1) is 14.1. The average Bonchev–Trinajstić information content (AvgIpc) is 2.82. The first-order valence-electron chi connectivity index (χ1n) is 6.69.